The summed E-state index contributed by atoms with van der Waals surface area (Å²) in [6.07, 6.45) is -4.66. The van der Waals surface area contributed by atoms with E-state index in [2.05, 4.69) is 9.62 Å². The van der Waals surface area contributed by atoms with Gasteiger partial charge in [-0.2, -0.15) is 13.2 Å². The van der Waals surface area contributed by atoms with Gasteiger partial charge in [-0.15, -0.1) is 0 Å². The molecule has 1 aliphatic rings. The van der Waals surface area contributed by atoms with Gasteiger partial charge in [0, 0.05) is 26.2 Å². The minimum absolute atomic E-state index is 0.0628. The first-order valence-corrected chi connectivity index (χ1v) is 10.8. The van der Waals surface area contributed by atoms with Crippen molar-refractivity contribution in [3.05, 3.63) is 64.2 Å². The van der Waals surface area contributed by atoms with Gasteiger partial charge >= 0.3 is 6.18 Å². The highest BCUT2D eigenvalue weighted by Crippen LogP contribution is 2.33. The molecule has 0 amide bonds. The average molecular weight is 449 g/mol. The second-order valence-corrected chi connectivity index (χ2v) is 8.82. The minimum atomic E-state index is -4.66. The molecule has 1 saturated heterocycles. The number of halogens is 4. The van der Waals surface area contributed by atoms with Crippen molar-refractivity contribution in [2.45, 2.75) is 24.2 Å². The highest BCUT2D eigenvalue weighted by molar-refractivity contribution is 7.89. The van der Waals surface area contributed by atoms with Gasteiger partial charge in [-0.05, 0) is 29.3 Å². The molecule has 0 radical (unpaired) electrons. The lowest BCUT2D eigenvalue weighted by Crippen LogP contribution is -2.35. The zero-order valence-corrected chi connectivity index (χ0v) is 16.9. The van der Waals surface area contributed by atoms with Crippen LogP contribution in [0.2, 0.25) is 5.02 Å². The van der Waals surface area contributed by atoms with Crippen LogP contribution in [-0.2, 0) is 34.0 Å². The number of hydrogen-bond donors (Lipinski definition) is 1. The maximum Gasteiger partial charge on any atom is 0.416 e. The highest BCUT2D eigenvalue weighted by atomic mass is 35.5. The van der Waals surface area contributed by atoms with Gasteiger partial charge in [0.1, 0.15) is 4.90 Å². The predicted octanol–water partition coefficient (Wildman–Crippen LogP) is 3.67. The molecule has 2 aromatic rings. The van der Waals surface area contributed by atoms with Crippen LogP contribution in [0.1, 0.15) is 16.7 Å². The SMILES string of the molecule is O=S(=O)(NCc1ccc(CN2CCOCC2)cc1)c1cc(C(F)(F)F)ccc1Cl. The molecule has 158 valence electrons. The third-order valence-corrected chi connectivity index (χ3v) is 6.43. The molecule has 1 aliphatic heterocycles. The number of rotatable bonds is 6. The Hall–Kier alpha value is -1.65. The van der Waals surface area contributed by atoms with Crippen molar-refractivity contribution < 1.29 is 26.3 Å². The molecule has 1 N–H and O–H groups in total. The van der Waals surface area contributed by atoms with E-state index in [9.17, 15) is 21.6 Å². The van der Waals surface area contributed by atoms with Crippen molar-refractivity contribution >= 4 is 21.6 Å². The van der Waals surface area contributed by atoms with Gasteiger partial charge in [0.15, 0.2) is 0 Å². The summed E-state index contributed by atoms with van der Waals surface area (Å²) in [5, 5.41) is -0.272. The average Bonchev–Trinajstić information content (AvgIpc) is 2.67. The van der Waals surface area contributed by atoms with Gasteiger partial charge in [-0.25, -0.2) is 13.1 Å². The summed E-state index contributed by atoms with van der Waals surface area (Å²) in [6, 6.07) is 9.58. The van der Waals surface area contributed by atoms with E-state index in [4.69, 9.17) is 16.3 Å². The Morgan fingerprint density at radius 2 is 1.66 bits per heavy atom. The van der Waals surface area contributed by atoms with E-state index < -0.39 is 26.7 Å². The van der Waals surface area contributed by atoms with Gasteiger partial charge in [-0.3, -0.25) is 4.90 Å². The third-order valence-electron chi connectivity index (χ3n) is 4.55. The standard InChI is InChI=1S/C19H20ClF3N2O3S/c20-17-6-5-16(19(21,22)23)11-18(17)29(26,27)24-12-14-1-3-15(4-2-14)13-25-7-9-28-10-8-25/h1-6,11,24H,7-10,12-13H2. The number of hydrogen-bond acceptors (Lipinski definition) is 4. The number of benzene rings is 2. The lowest BCUT2D eigenvalue weighted by atomic mass is 10.1. The summed E-state index contributed by atoms with van der Waals surface area (Å²) >= 11 is 5.83. The smallest absolute Gasteiger partial charge is 0.379 e. The number of sulfonamides is 1. The maximum absolute atomic E-state index is 12.9. The van der Waals surface area contributed by atoms with Crippen LogP contribution in [0.3, 0.4) is 0 Å². The van der Waals surface area contributed by atoms with Crippen molar-refractivity contribution in [3.8, 4) is 0 Å². The van der Waals surface area contributed by atoms with E-state index in [0.29, 0.717) is 24.8 Å². The molecule has 3 rings (SSSR count). The molecule has 0 unspecified atom stereocenters. The molecule has 0 spiro atoms. The monoisotopic (exact) mass is 448 g/mol. The third kappa shape index (κ3) is 5.93. The summed E-state index contributed by atoms with van der Waals surface area (Å²) in [5.74, 6) is 0. The van der Waals surface area contributed by atoms with Crippen LogP contribution in [0.4, 0.5) is 13.2 Å². The van der Waals surface area contributed by atoms with Gasteiger partial charge < -0.3 is 4.74 Å². The number of nitrogens with one attached hydrogen (secondary N) is 1. The Balaban J connectivity index is 1.66. The van der Waals surface area contributed by atoms with Crippen LogP contribution < -0.4 is 4.72 Å². The molecule has 5 nitrogen and oxygen atoms in total. The van der Waals surface area contributed by atoms with Crippen LogP contribution in [0, 0.1) is 0 Å². The summed E-state index contributed by atoms with van der Waals surface area (Å²) in [5.41, 5.74) is 0.691. The van der Waals surface area contributed by atoms with Crippen molar-refractivity contribution in [3.63, 3.8) is 0 Å². The Morgan fingerprint density at radius 3 is 2.28 bits per heavy atom. The van der Waals surface area contributed by atoms with E-state index in [0.717, 1.165) is 37.3 Å². The fraction of sp³-hybridized carbons (Fsp3) is 0.368. The first-order valence-electron chi connectivity index (χ1n) is 8.89. The quantitative estimate of drug-likeness (QED) is 0.732. The van der Waals surface area contributed by atoms with Gasteiger partial charge in [-0.1, -0.05) is 35.9 Å². The van der Waals surface area contributed by atoms with Crippen LogP contribution in [0.15, 0.2) is 47.4 Å². The Bertz CT molecular complexity index is 944. The molecule has 10 heteroatoms. The van der Waals surface area contributed by atoms with Crippen LogP contribution in [0.25, 0.3) is 0 Å². The van der Waals surface area contributed by atoms with E-state index in [1.54, 1.807) is 12.1 Å². The minimum Gasteiger partial charge on any atom is -0.379 e. The van der Waals surface area contributed by atoms with Crippen molar-refractivity contribution in [1.29, 1.82) is 0 Å². The molecule has 2 aromatic carbocycles. The molecule has 0 bridgehead atoms. The Kier molecular flexibility index (Phi) is 6.85. The van der Waals surface area contributed by atoms with Crippen molar-refractivity contribution in [1.82, 2.24) is 9.62 Å². The molecule has 1 heterocycles. The van der Waals surface area contributed by atoms with Crippen LogP contribution in [-0.4, -0.2) is 39.6 Å². The largest absolute Gasteiger partial charge is 0.416 e. The summed E-state index contributed by atoms with van der Waals surface area (Å²) < 4.78 is 71.2. The van der Waals surface area contributed by atoms with Gasteiger partial charge in [0.05, 0.1) is 23.8 Å². The van der Waals surface area contributed by atoms with Crippen molar-refractivity contribution in [2.24, 2.45) is 0 Å². The fourth-order valence-corrected chi connectivity index (χ4v) is 4.46. The Morgan fingerprint density at radius 1 is 1.03 bits per heavy atom. The maximum atomic E-state index is 12.9. The summed E-state index contributed by atoms with van der Waals surface area (Å²) in [6.45, 7) is 3.84. The first-order chi connectivity index (χ1) is 13.6. The van der Waals surface area contributed by atoms with E-state index in [1.807, 2.05) is 12.1 Å². The van der Waals surface area contributed by atoms with Crippen molar-refractivity contribution in [2.75, 3.05) is 26.3 Å². The second kappa shape index (κ2) is 9.01. The van der Waals surface area contributed by atoms with E-state index in [-0.39, 0.29) is 11.6 Å². The summed E-state index contributed by atoms with van der Waals surface area (Å²) in [7, 11) is -4.21. The van der Waals surface area contributed by atoms with Gasteiger partial charge in [0.2, 0.25) is 10.0 Å². The molecule has 0 saturated carbocycles. The first kappa shape index (κ1) is 22.0. The topological polar surface area (TPSA) is 58.6 Å². The number of morpholine rings is 1. The molecule has 1 fully saturated rings. The second-order valence-electron chi connectivity index (χ2n) is 6.67. The molecular formula is C19H20ClF3N2O3S. The molecule has 0 aromatic heterocycles. The molecular weight excluding hydrogens is 429 g/mol. The molecule has 0 aliphatic carbocycles. The zero-order valence-electron chi connectivity index (χ0n) is 15.4. The van der Waals surface area contributed by atoms with E-state index >= 15 is 0 Å². The van der Waals surface area contributed by atoms with Gasteiger partial charge in [0.25, 0.3) is 0 Å². The Labute approximate surface area is 172 Å². The predicted molar refractivity (Wildman–Crippen MR) is 103 cm³/mol. The fourth-order valence-electron chi connectivity index (χ4n) is 2.92. The molecule has 0 atom stereocenters. The number of alkyl halides is 3. The zero-order chi connectivity index (χ0) is 21.1. The number of ether oxygens (including phenoxy) is 1. The lowest BCUT2D eigenvalue weighted by molar-refractivity contribution is -0.137. The lowest BCUT2D eigenvalue weighted by Gasteiger charge is -2.26. The summed E-state index contributed by atoms with van der Waals surface area (Å²) in [4.78, 5) is 1.66. The normalized spacial score (nSPS) is 16.1. The van der Waals surface area contributed by atoms with Crippen LogP contribution in [0.5, 0.6) is 0 Å². The van der Waals surface area contributed by atoms with Crippen LogP contribution >= 0.6 is 11.6 Å². The van der Waals surface area contributed by atoms with E-state index in [1.165, 1.54) is 0 Å². The molecule has 29 heavy (non-hydrogen) atoms. The highest BCUT2D eigenvalue weighted by Gasteiger charge is 2.32. The number of nitrogens with zero attached hydrogens (tertiary/aromatic N) is 1.